The van der Waals surface area contributed by atoms with Gasteiger partial charge in [-0.3, -0.25) is 9.59 Å². The molecule has 0 aromatic carbocycles. The number of carboxylic acids is 1. The van der Waals surface area contributed by atoms with E-state index in [4.69, 9.17) is 9.84 Å². The molecule has 0 saturated heterocycles. The maximum absolute atomic E-state index is 12.0. The zero-order valence-electron chi connectivity index (χ0n) is 21.5. The summed E-state index contributed by atoms with van der Waals surface area (Å²) in [7, 11) is 0. The van der Waals surface area contributed by atoms with E-state index in [1.165, 1.54) is 109 Å². The largest absolute Gasteiger partial charge is 0.481 e. The van der Waals surface area contributed by atoms with Gasteiger partial charge in [0.2, 0.25) is 0 Å². The molecule has 0 bridgehead atoms. The summed E-state index contributed by atoms with van der Waals surface area (Å²) in [5.74, 6) is -1.28. The van der Waals surface area contributed by atoms with Crippen LogP contribution < -0.4 is 0 Å². The zero-order valence-corrected chi connectivity index (χ0v) is 21.5. The number of carboxylic acid groups (broad SMARTS) is 1. The summed E-state index contributed by atoms with van der Waals surface area (Å²) in [5, 5.41) is 8.79. The summed E-state index contributed by atoms with van der Waals surface area (Å²) in [4.78, 5) is 22.7. The minimum Gasteiger partial charge on any atom is -0.481 e. The molecular formula is C28H54O4. The number of ether oxygens (including phenoxy) is 1. The molecule has 0 amide bonds. The first-order chi connectivity index (χ1) is 15.6. The van der Waals surface area contributed by atoms with Crippen LogP contribution in [0.15, 0.2) is 0 Å². The number of carbonyl (C=O) groups excluding carboxylic acids is 1. The molecule has 0 aliphatic heterocycles. The van der Waals surface area contributed by atoms with Crippen LogP contribution in [-0.2, 0) is 14.3 Å². The number of aliphatic carboxylic acids is 1. The Hall–Kier alpha value is -1.06. The third kappa shape index (κ3) is 23.6. The third-order valence-corrected chi connectivity index (χ3v) is 6.35. The van der Waals surface area contributed by atoms with Gasteiger partial charge < -0.3 is 9.84 Å². The number of esters is 1. The average molecular weight is 455 g/mol. The fourth-order valence-corrected chi connectivity index (χ4v) is 4.26. The quantitative estimate of drug-likeness (QED) is 0.110. The fourth-order valence-electron chi connectivity index (χ4n) is 4.26. The monoisotopic (exact) mass is 454 g/mol. The predicted molar refractivity (Wildman–Crippen MR) is 135 cm³/mol. The molecule has 1 N–H and O–H groups in total. The van der Waals surface area contributed by atoms with Crippen LogP contribution in [0, 0.1) is 0 Å². The van der Waals surface area contributed by atoms with E-state index in [2.05, 4.69) is 13.8 Å². The van der Waals surface area contributed by atoms with Gasteiger partial charge in [-0.05, 0) is 25.7 Å². The Balaban J connectivity index is 3.95. The highest BCUT2D eigenvalue weighted by atomic mass is 16.5. The molecule has 0 saturated carbocycles. The molecule has 0 aromatic heterocycles. The molecule has 1 unspecified atom stereocenters. The van der Waals surface area contributed by atoms with Crippen LogP contribution in [0.2, 0.25) is 0 Å². The van der Waals surface area contributed by atoms with E-state index in [0.717, 1.165) is 25.7 Å². The van der Waals surface area contributed by atoms with Crippen LogP contribution in [0.25, 0.3) is 0 Å². The lowest BCUT2D eigenvalue weighted by atomic mass is 10.0. The van der Waals surface area contributed by atoms with E-state index in [1.54, 1.807) is 0 Å². The van der Waals surface area contributed by atoms with Crippen molar-refractivity contribution in [3.8, 4) is 0 Å². The Morgan fingerprint density at radius 3 is 1.25 bits per heavy atom. The van der Waals surface area contributed by atoms with Gasteiger partial charge in [0.1, 0.15) is 6.10 Å². The Morgan fingerprint density at radius 1 is 0.562 bits per heavy atom. The normalized spacial score (nSPS) is 12.1. The van der Waals surface area contributed by atoms with E-state index in [9.17, 15) is 9.59 Å². The SMILES string of the molecule is CCCCCCCCCCCCC(CCCCCCCCCCC)OC(=O)CCC(=O)O. The molecule has 0 aliphatic carbocycles. The Kier molecular flexibility index (Phi) is 23.8. The van der Waals surface area contributed by atoms with Gasteiger partial charge in [0.25, 0.3) is 0 Å². The molecule has 32 heavy (non-hydrogen) atoms. The maximum atomic E-state index is 12.0. The second kappa shape index (κ2) is 24.6. The molecule has 0 heterocycles. The molecule has 0 radical (unpaired) electrons. The predicted octanol–water partition coefficient (Wildman–Crippen LogP) is 8.99. The standard InChI is InChI=1S/C28H54O4/c1-3-5-7-9-11-13-15-17-19-21-23-26(32-28(31)25-24-27(29)30)22-20-18-16-14-12-10-8-6-4-2/h26H,3-25H2,1-2H3,(H,29,30). The van der Waals surface area contributed by atoms with Gasteiger partial charge in [-0.1, -0.05) is 123 Å². The number of carbonyl (C=O) groups is 2. The number of rotatable bonds is 25. The van der Waals surface area contributed by atoms with Gasteiger partial charge in [0, 0.05) is 0 Å². The molecule has 1 atom stereocenters. The minimum absolute atomic E-state index is 0.0123. The highest BCUT2D eigenvalue weighted by Gasteiger charge is 2.15. The smallest absolute Gasteiger partial charge is 0.306 e. The highest BCUT2D eigenvalue weighted by Crippen LogP contribution is 2.18. The van der Waals surface area contributed by atoms with Crippen LogP contribution in [0.1, 0.15) is 162 Å². The lowest BCUT2D eigenvalue weighted by Gasteiger charge is -2.18. The highest BCUT2D eigenvalue weighted by molar-refractivity contribution is 5.76. The number of hydrogen-bond acceptors (Lipinski definition) is 3. The van der Waals surface area contributed by atoms with Crippen LogP contribution in [0.3, 0.4) is 0 Å². The summed E-state index contributed by atoms with van der Waals surface area (Å²) in [5.41, 5.74) is 0. The first-order valence-corrected chi connectivity index (χ1v) is 14.0. The Morgan fingerprint density at radius 2 is 0.906 bits per heavy atom. The van der Waals surface area contributed by atoms with Crippen LogP contribution in [-0.4, -0.2) is 23.1 Å². The minimum atomic E-state index is -0.938. The van der Waals surface area contributed by atoms with Crippen LogP contribution in [0.4, 0.5) is 0 Å². The van der Waals surface area contributed by atoms with E-state index in [1.807, 2.05) is 0 Å². The van der Waals surface area contributed by atoms with Gasteiger partial charge in [-0.2, -0.15) is 0 Å². The van der Waals surface area contributed by atoms with Gasteiger partial charge in [0.05, 0.1) is 12.8 Å². The van der Waals surface area contributed by atoms with Crippen molar-refractivity contribution in [2.45, 2.75) is 168 Å². The van der Waals surface area contributed by atoms with Crippen molar-refractivity contribution < 1.29 is 19.4 Å². The molecule has 4 nitrogen and oxygen atoms in total. The fraction of sp³-hybridized carbons (Fsp3) is 0.929. The van der Waals surface area contributed by atoms with E-state index >= 15 is 0 Å². The summed E-state index contributed by atoms with van der Waals surface area (Å²) < 4.78 is 5.65. The van der Waals surface area contributed by atoms with Crippen molar-refractivity contribution in [1.29, 1.82) is 0 Å². The molecule has 0 aliphatic rings. The first-order valence-electron chi connectivity index (χ1n) is 14.0. The van der Waals surface area contributed by atoms with E-state index < -0.39 is 5.97 Å². The molecule has 190 valence electrons. The molecular weight excluding hydrogens is 400 g/mol. The van der Waals surface area contributed by atoms with Crippen molar-refractivity contribution in [3.05, 3.63) is 0 Å². The summed E-state index contributed by atoms with van der Waals surface area (Å²) in [6, 6.07) is 0. The molecule has 0 spiro atoms. The Labute approximate surface area is 199 Å². The summed E-state index contributed by atoms with van der Waals surface area (Å²) >= 11 is 0. The molecule has 0 rings (SSSR count). The summed E-state index contributed by atoms with van der Waals surface area (Å²) in [6.45, 7) is 4.51. The second-order valence-electron chi connectivity index (χ2n) is 9.59. The summed E-state index contributed by atoms with van der Waals surface area (Å²) in [6.07, 6.45) is 26.3. The van der Waals surface area contributed by atoms with Gasteiger partial charge in [0.15, 0.2) is 0 Å². The topological polar surface area (TPSA) is 63.6 Å². The van der Waals surface area contributed by atoms with Crippen LogP contribution in [0.5, 0.6) is 0 Å². The van der Waals surface area contributed by atoms with Crippen molar-refractivity contribution in [3.63, 3.8) is 0 Å². The van der Waals surface area contributed by atoms with E-state index in [-0.39, 0.29) is 24.9 Å². The molecule has 0 fully saturated rings. The first kappa shape index (κ1) is 30.9. The average Bonchev–Trinajstić information content (AvgIpc) is 2.77. The maximum Gasteiger partial charge on any atom is 0.306 e. The molecule has 0 aromatic rings. The number of unbranched alkanes of at least 4 members (excludes halogenated alkanes) is 17. The zero-order chi connectivity index (χ0) is 23.7. The van der Waals surface area contributed by atoms with Gasteiger partial charge >= 0.3 is 11.9 Å². The number of hydrogen-bond donors (Lipinski definition) is 1. The van der Waals surface area contributed by atoms with E-state index in [0.29, 0.717) is 0 Å². The van der Waals surface area contributed by atoms with Crippen molar-refractivity contribution in [2.75, 3.05) is 0 Å². The Bertz CT molecular complexity index is 422. The van der Waals surface area contributed by atoms with Crippen LogP contribution >= 0.6 is 0 Å². The van der Waals surface area contributed by atoms with Crippen molar-refractivity contribution in [2.24, 2.45) is 0 Å². The van der Waals surface area contributed by atoms with Gasteiger partial charge in [-0.25, -0.2) is 0 Å². The van der Waals surface area contributed by atoms with Crippen molar-refractivity contribution >= 4 is 11.9 Å². The van der Waals surface area contributed by atoms with Gasteiger partial charge in [-0.15, -0.1) is 0 Å². The van der Waals surface area contributed by atoms with Crippen molar-refractivity contribution in [1.82, 2.24) is 0 Å². The lowest BCUT2D eigenvalue weighted by molar-refractivity contribution is -0.152. The second-order valence-corrected chi connectivity index (χ2v) is 9.59. The lowest BCUT2D eigenvalue weighted by Crippen LogP contribution is -2.19. The molecule has 4 heteroatoms. The third-order valence-electron chi connectivity index (χ3n) is 6.35.